The first kappa shape index (κ1) is 37.0. The first-order valence-electron chi connectivity index (χ1n) is 14.1. The summed E-state index contributed by atoms with van der Waals surface area (Å²) >= 11 is 0. The second kappa shape index (κ2) is 15.6. The fourth-order valence-corrected chi connectivity index (χ4v) is 5.55. The van der Waals surface area contributed by atoms with Crippen molar-refractivity contribution in [3.05, 3.63) is 0 Å². The molecule has 4 heterocycles. The van der Waals surface area contributed by atoms with Crippen LogP contribution in [0.1, 0.15) is 0 Å². The Morgan fingerprint density at radius 3 is 1.02 bits per heavy atom. The summed E-state index contributed by atoms with van der Waals surface area (Å²) in [5, 5.41) is 142. The molecule has 14 N–H and O–H groups in total. The number of ether oxygens (including phenoxy) is 7. The molecule has 4 saturated heterocycles. The molecule has 0 aromatic rings. The molecule has 264 valence electrons. The van der Waals surface area contributed by atoms with Gasteiger partial charge in [-0.25, -0.2) is 0 Å². The van der Waals surface area contributed by atoms with E-state index in [0.29, 0.717) is 0 Å². The van der Waals surface area contributed by atoms with Crippen molar-refractivity contribution in [3.8, 4) is 0 Å². The Kier molecular flexibility index (Phi) is 12.8. The Bertz CT molecular complexity index is 910. The summed E-state index contributed by atoms with van der Waals surface area (Å²) in [7, 11) is 0. The second-order valence-corrected chi connectivity index (χ2v) is 11.1. The molecule has 0 amide bonds. The van der Waals surface area contributed by atoms with E-state index in [-0.39, 0.29) is 0 Å². The minimum Gasteiger partial charge on any atom is -0.394 e. The zero-order valence-electron chi connectivity index (χ0n) is 23.5. The van der Waals surface area contributed by atoms with Crippen LogP contribution in [0.2, 0.25) is 0 Å². The summed E-state index contributed by atoms with van der Waals surface area (Å²) in [6, 6.07) is 0. The molecular formula is C24H42O21. The quantitative estimate of drug-likeness (QED) is 0.103. The largest absolute Gasteiger partial charge is 0.394 e. The molecule has 0 radical (unpaired) electrons. The number of rotatable bonds is 10. The van der Waals surface area contributed by atoms with Gasteiger partial charge in [0.2, 0.25) is 0 Å². The maximum atomic E-state index is 10.9. The Labute approximate surface area is 254 Å². The van der Waals surface area contributed by atoms with Crippen LogP contribution < -0.4 is 0 Å². The molecule has 20 atom stereocenters. The molecular weight excluding hydrogens is 624 g/mol. The van der Waals surface area contributed by atoms with Crippen LogP contribution in [-0.2, 0) is 33.2 Å². The number of hydrogen-bond donors (Lipinski definition) is 14. The topological polar surface area (TPSA) is 348 Å². The third-order valence-corrected chi connectivity index (χ3v) is 8.20. The average molecular weight is 667 g/mol. The van der Waals surface area contributed by atoms with E-state index in [1.807, 2.05) is 0 Å². The standard InChI is InChI=1S/C24H42O21/c25-1-5-9(29)10(30)15(35)22(40-5)44-19-7(3-27)42-24(17(37)12(19)32)45-20-8(4-28)41-23(16(36)13(20)33)43-18-6(2-26)39-21(38)14(34)11(18)31/h5-38H,1-4H2/t5-,6-,7-,8-,9-,10+,11-,12-,13-,14-,15-,16+,17+,18-,19-,20-,21-,22+,23+,24+/m1/s1. The van der Waals surface area contributed by atoms with Crippen molar-refractivity contribution in [2.24, 2.45) is 0 Å². The SMILES string of the molecule is OC[C@H]1O[C@@H](O[C@H]2[C@H](O)[C@H](O)[C@H](O[C@H]3[C@H](O)[C@H](O)[C@H](O[C@H]4[C@H](O)[C@@H](O)[C@H](O)O[C@@H]4CO)O[C@@H]3CO)O[C@@H]2CO)[C@H](O)[C@@H](O)[C@@H]1O. The predicted octanol–water partition coefficient (Wildman–Crippen LogP) is -9.75. The number of aliphatic hydroxyl groups excluding tert-OH is 14. The van der Waals surface area contributed by atoms with E-state index < -0.39 is 149 Å². The van der Waals surface area contributed by atoms with Gasteiger partial charge in [0.1, 0.15) is 97.7 Å². The molecule has 4 fully saturated rings. The molecule has 0 aliphatic carbocycles. The molecule has 0 saturated carbocycles. The van der Waals surface area contributed by atoms with Crippen molar-refractivity contribution < 1.29 is 105 Å². The Hall–Kier alpha value is -0.840. The minimum absolute atomic E-state index is 0.784. The summed E-state index contributed by atoms with van der Waals surface area (Å²) in [6.07, 6.45) is -35.3. The lowest BCUT2D eigenvalue weighted by molar-refractivity contribution is -0.387. The van der Waals surface area contributed by atoms with E-state index in [4.69, 9.17) is 33.2 Å². The number of hydrogen-bond acceptors (Lipinski definition) is 21. The van der Waals surface area contributed by atoms with Crippen molar-refractivity contribution in [2.75, 3.05) is 26.4 Å². The normalized spacial score (nSPS) is 52.9. The van der Waals surface area contributed by atoms with Gasteiger partial charge in [-0.05, 0) is 0 Å². The summed E-state index contributed by atoms with van der Waals surface area (Å²) in [5.41, 5.74) is 0. The van der Waals surface area contributed by atoms with Gasteiger partial charge in [0, 0.05) is 0 Å². The van der Waals surface area contributed by atoms with Gasteiger partial charge in [0.25, 0.3) is 0 Å². The summed E-state index contributed by atoms with van der Waals surface area (Å²) in [6.45, 7) is -3.39. The molecule has 4 aliphatic heterocycles. The molecule has 0 aromatic heterocycles. The van der Waals surface area contributed by atoms with Crippen LogP contribution in [0.25, 0.3) is 0 Å². The molecule has 0 aromatic carbocycles. The lowest BCUT2D eigenvalue weighted by Gasteiger charge is -2.49. The molecule has 0 bridgehead atoms. The highest BCUT2D eigenvalue weighted by Crippen LogP contribution is 2.34. The van der Waals surface area contributed by atoms with Gasteiger partial charge in [0.15, 0.2) is 25.2 Å². The van der Waals surface area contributed by atoms with Crippen LogP contribution in [0.3, 0.4) is 0 Å². The minimum atomic E-state index is -2.02. The van der Waals surface area contributed by atoms with Crippen molar-refractivity contribution >= 4 is 0 Å². The molecule has 4 rings (SSSR count). The zero-order valence-corrected chi connectivity index (χ0v) is 23.5. The molecule has 21 nitrogen and oxygen atoms in total. The zero-order chi connectivity index (χ0) is 33.3. The fourth-order valence-electron chi connectivity index (χ4n) is 5.55. The van der Waals surface area contributed by atoms with E-state index >= 15 is 0 Å². The fraction of sp³-hybridized carbons (Fsp3) is 1.00. The average Bonchev–Trinajstić information content (AvgIpc) is 3.03. The van der Waals surface area contributed by atoms with Gasteiger partial charge < -0.3 is 105 Å². The van der Waals surface area contributed by atoms with E-state index in [2.05, 4.69) is 0 Å². The monoisotopic (exact) mass is 666 g/mol. The molecule has 21 heteroatoms. The van der Waals surface area contributed by atoms with Crippen molar-refractivity contribution in [1.82, 2.24) is 0 Å². The van der Waals surface area contributed by atoms with Crippen LogP contribution in [-0.4, -0.2) is 221 Å². The second-order valence-electron chi connectivity index (χ2n) is 11.1. The first-order valence-corrected chi connectivity index (χ1v) is 14.1. The van der Waals surface area contributed by atoms with Crippen molar-refractivity contribution in [1.29, 1.82) is 0 Å². The summed E-state index contributed by atoms with van der Waals surface area (Å²) < 4.78 is 37.7. The van der Waals surface area contributed by atoms with Gasteiger partial charge in [-0.15, -0.1) is 0 Å². The van der Waals surface area contributed by atoms with Crippen LogP contribution in [0.15, 0.2) is 0 Å². The Balaban J connectivity index is 1.43. The highest BCUT2D eigenvalue weighted by Gasteiger charge is 2.55. The lowest BCUT2D eigenvalue weighted by Crippen LogP contribution is -2.67. The predicted molar refractivity (Wildman–Crippen MR) is 134 cm³/mol. The van der Waals surface area contributed by atoms with E-state index in [1.54, 1.807) is 0 Å². The molecule has 0 spiro atoms. The van der Waals surface area contributed by atoms with Crippen molar-refractivity contribution in [2.45, 2.75) is 123 Å². The van der Waals surface area contributed by atoms with Crippen LogP contribution >= 0.6 is 0 Å². The third-order valence-electron chi connectivity index (χ3n) is 8.20. The van der Waals surface area contributed by atoms with Crippen LogP contribution in [0.4, 0.5) is 0 Å². The Morgan fingerprint density at radius 2 is 0.644 bits per heavy atom. The van der Waals surface area contributed by atoms with Crippen LogP contribution in [0, 0.1) is 0 Å². The summed E-state index contributed by atoms with van der Waals surface area (Å²) in [4.78, 5) is 0. The lowest BCUT2D eigenvalue weighted by atomic mass is 9.95. The summed E-state index contributed by atoms with van der Waals surface area (Å²) in [5.74, 6) is 0. The van der Waals surface area contributed by atoms with Gasteiger partial charge in [-0.2, -0.15) is 0 Å². The number of aliphatic hydroxyl groups is 14. The maximum Gasteiger partial charge on any atom is 0.187 e. The molecule has 45 heavy (non-hydrogen) atoms. The third kappa shape index (κ3) is 7.44. The van der Waals surface area contributed by atoms with E-state index in [1.165, 1.54) is 0 Å². The van der Waals surface area contributed by atoms with Gasteiger partial charge >= 0.3 is 0 Å². The van der Waals surface area contributed by atoms with Gasteiger partial charge in [-0.3, -0.25) is 0 Å². The van der Waals surface area contributed by atoms with E-state index in [0.717, 1.165) is 0 Å². The van der Waals surface area contributed by atoms with Crippen LogP contribution in [0.5, 0.6) is 0 Å². The van der Waals surface area contributed by atoms with Gasteiger partial charge in [-0.1, -0.05) is 0 Å². The molecule has 4 aliphatic rings. The highest BCUT2D eigenvalue weighted by atomic mass is 16.8. The van der Waals surface area contributed by atoms with E-state index in [9.17, 15) is 71.5 Å². The van der Waals surface area contributed by atoms with Crippen molar-refractivity contribution in [3.63, 3.8) is 0 Å². The smallest absolute Gasteiger partial charge is 0.187 e. The first-order chi connectivity index (χ1) is 21.3. The highest BCUT2D eigenvalue weighted by molar-refractivity contribution is 4.97. The Morgan fingerprint density at radius 1 is 0.333 bits per heavy atom. The molecule has 0 unspecified atom stereocenters. The van der Waals surface area contributed by atoms with Gasteiger partial charge in [0.05, 0.1) is 26.4 Å². The maximum absolute atomic E-state index is 10.9.